The molecule has 1 rings (SSSR count). The first kappa shape index (κ1) is 7.73. The Labute approximate surface area is 61.8 Å². The van der Waals surface area contributed by atoms with Gasteiger partial charge in [-0.05, 0) is 12.8 Å². The lowest BCUT2D eigenvalue weighted by Crippen LogP contribution is -2.21. The van der Waals surface area contributed by atoms with Crippen LogP contribution in [0.2, 0.25) is 0 Å². The zero-order valence-electron chi connectivity index (χ0n) is 6.23. The Hall–Kier alpha value is -0.370. The minimum atomic E-state index is -0.00926. The van der Waals surface area contributed by atoms with Gasteiger partial charge in [0.05, 0.1) is 6.54 Å². The minimum absolute atomic E-state index is 0.00926. The molecule has 1 fully saturated rings. The van der Waals surface area contributed by atoms with Crippen molar-refractivity contribution >= 4 is 5.78 Å². The lowest BCUT2D eigenvalue weighted by Gasteiger charge is -2.18. The average molecular weight is 140 g/mol. The fraction of sp³-hybridized carbons (Fsp3) is 0.875. The van der Waals surface area contributed by atoms with Crippen molar-refractivity contribution in [2.45, 2.75) is 32.1 Å². The zero-order valence-corrected chi connectivity index (χ0v) is 6.23. The van der Waals surface area contributed by atoms with Gasteiger partial charge in [0, 0.05) is 5.92 Å². The van der Waals surface area contributed by atoms with Crippen LogP contribution in [0.3, 0.4) is 0 Å². The summed E-state index contributed by atoms with van der Waals surface area (Å²) in [6.07, 6.45) is 5.74. The molecular formula is C8H14NO. The first-order chi connectivity index (χ1) is 4.84. The van der Waals surface area contributed by atoms with Crippen LogP contribution in [0.15, 0.2) is 0 Å². The summed E-state index contributed by atoms with van der Waals surface area (Å²) >= 11 is 0. The first-order valence-corrected chi connectivity index (χ1v) is 4.02. The molecule has 0 unspecified atom stereocenters. The third-order valence-corrected chi connectivity index (χ3v) is 2.23. The molecule has 1 aliphatic rings. The van der Waals surface area contributed by atoms with E-state index < -0.39 is 0 Å². The highest BCUT2D eigenvalue weighted by molar-refractivity contribution is 5.82. The minimum Gasteiger partial charge on any atom is -0.298 e. The molecule has 10 heavy (non-hydrogen) atoms. The number of Topliss-reactive ketones (excluding diaryl/α,β-unsaturated/α-hetero) is 1. The number of hydrogen-bond donors (Lipinski definition) is 0. The smallest absolute Gasteiger partial charge is 0.151 e. The molecule has 1 N–H and O–H groups in total. The highest BCUT2D eigenvalue weighted by Gasteiger charge is 2.19. The molecule has 0 saturated heterocycles. The van der Waals surface area contributed by atoms with E-state index in [1.165, 1.54) is 19.3 Å². The van der Waals surface area contributed by atoms with E-state index in [9.17, 15) is 4.79 Å². The van der Waals surface area contributed by atoms with E-state index in [1.807, 2.05) is 0 Å². The largest absolute Gasteiger partial charge is 0.298 e. The Morgan fingerprint density at radius 2 is 1.90 bits per heavy atom. The Morgan fingerprint density at radius 3 is 2.40 bits per heavy atom. The molecule has 0 heterocycles. The van der Waals surface area contributed by atoms with Crippen LogP contribution in [0.25, 0.3) is 0 Å². The van der Waals surface area contributed by atoms with Gasteiger partial charge in [-0.3, -0.25) is 4.79 Å². The molecule has 1 aliphatic carbocycles. The average Bonchev–Trinajstić information content (AvgIpc) is 2.05. The molecule has 0 atom stereocenters. The lowest BCUT2D eigenvalue weighted by atomic mass is 9.86. The van der Waals surface area contributed by atoms with Crippen LogP contribution in [0, 0.1) is 5.92 Å². The third kappa shape index (κ3) is 1.81. The van der Waals surface area contributed by atoms with Crippen LogP contribution >= 0.6 is 0 Å². The molecule has 1 saturated carbocycles. The first-order valence-electron chi connectivity index (χ1n) is 4.02. The predicted octanol–water partition coefficient (Wildman–Crippen LogP) is 1.42. The summed E-state index contributed by atoms with van der Waals surface area (Å²) in [5, 5.41) is 0. The summed E-state index contributed by atoms with van der Waals surface area (Å²) in [5.41, 5.74) is 6.90. The fourth-order valence-corrected chi connectivity index (χ4v) is 1.57. The number of nitrogens with one attached hydrogen (secondary N) is 1. The lowest BCUT2D eigenvalue weighted by molar-refractivity contribution is -0.122. The van der Waals surface area contributed by atoms with Crippen molar-refractivity contribution in [3.05, 3.63) is 0 Å². The van der Waals surface area contributed by atoms with Gasteiger partial charge in [0.15, 0.2) is 5.78 Å². The molecule has 0 bridgehead atoms. The van der Waals surface area contributed by atoms with E-state index in [0.717, 1.165) is 12.8 Å². The molecule has 2 nitrogen and oxygen atoms in total. The topological polar surface area (TPSA) is 40.9 Å². The van der Waals surface area contributed by atoms with Gasteiger partial charge in [0.1, 0.15) is 0 Å². The van der Waals surface area contributed by atoms with Gasteiger partial charge in [-0.1, -0.05) is 19.3 Å². The van der Waals surface area contributed by atoms with Crippen molar-refractivity contribution in [1.29, 1.82) is 0 Å². The molecule has 0 aromatic rings. The van der Waals surface area contributed by atoms with Crippen LogP contribution in [-0.4, -0.2) is 12.3 Å². The molecule has 0 aromatic heterocycles. The van der Waals surface area contributed by atoms with E-state index in [4.69, 9.17) is 5.73 Å². The number of ketones is 1. The summed E-state index contributed by atoms with van der Waals surface area (Å²) in [6.45, 7) is -0.00926. The molecule has 57 valence electrons. The van der Waals surface area contributed by atoms with Crippen molar-refractivity contribution < 1.29 is 4.79 Å². The maximum atomic E-state index is 11.0. The van der Waals surface area contributed by atoms with Crippen LogP contribution in [0.5, 0.6) is 0 Å². The van der Waals surface area contributed by atoms with Crippen LogP contribution in [-0.2, 0) is 4.79 Å². The monoisotopic (exact) mass is 140 g/mol. The van der Waals surface area contributed by atoms with Crippen LogP contribution in [0.1, 0.15) is 32.1 Å². The quantitative estimate of drug-likeness (QED) is 0.571. The summed E-state index contributed by atoms with van der Waals surface area (Å²) < 4.78 is 0. The number of carbonyl (C=O) groups is 1. The molecular weight excluding hydrogens is 126 g/mol. The van der Waals surface area contributed by atoms with E-state index in [1.54, 1.807) is 0 Å². The molecule has 0 spiro atoms. The second-order valence-corrected chi connectivity index (χ2v) is 2.98. The van der Waals surface area contributed by atoms with Crippen molar-refractivity contribution in [1.82, 2.24) is 5.73 Å². The Bertz CT molecular complexity index is 116. The zero-order chi connectivity index (χ0) is 7.40. The van der Waals surface area contributed by atoms with Gasteiger partial charge in [-0.25, -0.2) is 5.73 Å². The maximum Gasteiger partial charge on any atom is 0.151 e. The van der Waals surface area contributed by atoms with Crippen molar-refractivity contribution in [3.8, 4) is 0 Å². The van der Waals surface area contributed by atoms with Crippen LogP contribution in [0.4, 0.5) is 0 Å². The molecule has 2 heteroatoms. The Kier molecular flexibility index (Phi) is 2.87. The summed E-state index contributed by atoms with van der Waals surface area (Å²) in [4.78, 5) is 11.0. The van der Waals surface area contributed by atoms with E-state index in [2.05, 4.69) is 0 Å². The number of hydrogen-bond acceptors (Lipinski definition) is 1. The van der Waals surface area contributed by atoms with Gasteiger partial charge < -0.3 is 0 Å². The van der Waals surface area contributed by atoms with Crippen molar-refractivity contribution in [3.63, 3.8) is 0 Å². The van der Waals surface area contributed by atoms with Gasteiger partial charge in [-0.15, -0.1) is 0 Å². The second-order valence-electron chi connectivity index (χ2n) is 2.98. The normalized spacial score (nSPS) is 20.9. The molecule has 0 aliphatic heterocycles. The number of rotatable bonds is 2. The van der Waals surface area contributed by atoms with Crippen LogP contribution < -0.4 is 5.73 Å². The van der Waals surface area contributed by atoms with E-state index >= 15 is 0 Å². The van der Waals surface area contributed by atoms with E-state index in [0.29, 0.717) is 0 Å². The SMILES string of the molecule is [NH]CC(=O)C1CCCCC1. The van der Waals surface area contributed by atoms with Gasteiger partial charge >= 0.3 is 0 Å². The van der Waals surface area contributed by atoms with E-state index in [-0.39, 0.29) is 18.2 Å². The molecule has 1 radical (unpaired) electrons. The summed E-state index contributed by atoms with van der Waals surface area (Å²) in [6, 6.07) is 0. The predicted molar refractivity (Wildman–Crippen MR) is 39.5 cm³/mol. The molecule has 0 amide bonds. The third-order valence-electron chi connectivity index (χ3n) is 2.23. The Morgan fingerprint density at radius 1 is 1.30 bits per heavy atom. The highest BCUT2D eigenvalue weighted by Crippen LogP contribution is 2.23. The van der Waals surface area contributed by atoms with Gasteiger partial charge in [-0.2, -0.15) is 0 Å². The second kappa shape index (κ2) is 3.71. The summed E-state index contributed by atoms with van der Waals surface area (Å²) in [5.74, 6) is 0.394. The fourth-order valence-electron chi connectivity index (χ4n) is 1.57. The standard InChI is InChI=1S/C8H14NO/c9-6-8(10)7-4-2-1-3-5-7/h7,9H,1-6H2. The molecule has 0 aromatic carbocycles. The van der Waals surface area contributed by atoms with Crippen molar-refractivity contribution in [2.24, 2.45) is 5.92 Å². The number of carbonyl (C=O) groups excluding carboxylic acids is 1. The van der Waals surface area contributed by atoms with Gasteiger partial charge in [0.2, 0.25) is 0 Å². The maximum absolute atomic E-state index is 11.0. The Balaban J connectivity index is 2.31. The highest BCUT2D eigenvalue weighted by atomic mass is 16.1. The van der Waals surface area contributed by atoms with Crippen molar-refractivity contribution in [2.75, 3.05) is 6.54 Å². The summed E-state index contributed by atoms with van der Waals surface area (Å²) in [7, 11) is 0. The van der Waals surface area contributed by atoms with Gasteiger partial charge in [0.25, 0.3) is 0 Å².